The number of carbonyl (C=O) groups is 4. The summed E-state index contributed by atoms with van der Waals surface area (Å²) in [6.45, 7) is 20.7. The summed E-state index contributed by atoms with van der Waals surface area (Å²) in [5.41, 5.74) is 0.433. The highest BCUT2D eigenvalue weighted by Gasteiger charge is 2.18. The van der Waals surface area contributed by atoms with Gasteiger partial charge in [0.25, 0.3) is 0 Å². The highest BCUT2D eigenvalue weighted by Crippen LogP contribution is 2.15. The molecule has 0 aromatic carbocycles. The summed E-state index contributed by atoms with van der Waals surface area (Å²) < 4.78 is 17.8. The lowest BCUT2D eigenvalue weighted by atomic mass is 9.94. The molecule has 8 nitrogen and oxygen atoms in total. The largest absolute Gasteiger partial charge is 0.469 e. The molecule has 0 heterocycles. The third-order valence-corrected chi connectivity index (χ3v) is 3.80. The second kappa shape index (κ2) is 35.9. The molecular weight excluding hydrogens is 452 g/mol. The summed E-state index contributed by atoms with van der Waals surface area (Å²) >= 11 is 0. The predicted octanol–water partition coefficient (Wildman–Crippen LogP) is 7.16. The van der Waals surface area contributed by atoms with Crippen molar-refractivity contribution < 1.29 is 38.1 Å². The van der Waals surface area contributed by atoms with Gasteiger partial charge in [-0.05, 0) is 26.2 Å². The molecule has 214 valence electrons. The minimum atomic E-state index is -0.347. The summed E-state index contributed by atoms with van der Waals surface area (Å²) in [5, 5.41) is 0. The molecule has 0 aromatic rings. The molecule has 0 rings (SSSR count). The fourth-order valence-corrected chi connectivity index (χ4v) is 1.43. The van der Waals surface area contributed by atoms with Gasteiger partial charge in [0, 0.05) is 19.4 Å². The molecule has 0 aromatic heterocycles. The lowest BCUT2D eigenvalue weighted by Gasteiger charge is -2.14. The Morgan fingerprint density at radius 3 is 1.34 bits per heavy atom. The van der Waals surface area contributed by atoms with E-state index in [-0.39, 0.29) is 65.6 Å². The fraction of sp³-hybridized carbons (Fsp3) is 0.704. The van der Waals surface area contributed by atoms with Crippen LogP contribution in [0.25, 0.3) is 0 Å². The number of esters is 4. The van der Waals surface area contributed by atoms with E-state index < -0.39 is 0 Å². The molecule has 0 N–H and O–H groups in total. The van der Waals surface area contributed by atoms with Crippen LogP contribution in [0.5, 0.6) is 0 Å². The van der Waals surface area contributed by atoms with E-state index in [0.29, 0.717) is 11.5 Å². The number of carbonyl (C=O) groups excluding carboxylic acids is 4. The lowest BCUT2D eigenvalue weighted by Crippen LogP contribution is -2.19. The van der Waals surface area contributed by atoms with E-state index in [0.717, 1.165) is 19.1 Å². The molecule has 0 fully saturated rings. The van der Waals surface area contributed by atoms with Gasteiger partial charge in [-0.1, -0.05) is 77.0 Å². The Morgan fingerprint density at radius 2 is 1.23 bits per heavy atom. The molecule has 3 atom stereocenters. The van der Waals surface area contributed by atoms with Gasteiger partial charge in [-0.25, -0.2) is 4.79 Å². The molecule has 0 bridgehead atoms. The van der Waals surface area contributed by atoms with Crippen molar-refractivity contribution in [1.29, 1.82) is 0 Å². The van der Waals surface area contributed by atoms with Crippen molar-refractivity contribution in [1.82, 2.24) is 0 Å². The van der Waals surface area contributed by atoms with Gasteiger partial charge in [-0.15, -0.1) is 0 Å². The van der Waals surface area contributed by atoms with Crippen molar-refractivity contribution in [2.45, 2.75) is 104 Å². The Labute approximate surface area is 217 Å². The molecule has 0 spiro atoms. The number of hydrogen-bond donors (Lipinski definition) is 0. The summed E-state index contributed by atoms with van der Waals surface area (Å²) in [6, 6.07) is 0. The summed E-state index contributed by atoms with van der Waals surface area (Å²) in [6.07, 6.45) is 3.09. The first-order chi connectivity index (χ1) is 14.2. The maximum atomic E-state index is 10.9. The SMILES string of the molecule is C.C.C.C.C=C(C)C(=O)OC.C=COC(C)=O.CCC(C)C(C)C(=O)OC.CCC(C)OC(C)=O. The van der Waals surface area contributed by atoms with Gasteiger partial charge in [0.2, 0.25) is 0 Å². The van der Waals surface area contributed by atoms with Crippen molar-refractivity contribution in [3.05, 3.63) is 25.0 Å². The smallest absolute Gasteiger partial charge is 0.332 e. The molecule has 0 saturated carbocycles. The van der Waals surface area contributed by atoms with Gasteiger partial charge in [0.05, 0.1) is 32.5 Å². The zero-order valence-corrected chi connectivity index (χ0v) is 20.9. The van der Waals surface area contributed by atoms with Crippen LogP contribution in [0.3, 0.4) is 0 Å². The molecule has 35 heavy (non-hydrogen) atoms. The lowest BCUT2D eigenvalue weighted by molar-refractivity contribution is -0.147. The Hall–Kier alpha value is -2.64. The molecule has 0 amide bonds. The topological polar surface area (TPSA) is 105 Å². The van der Waals surface area contributed by atoms with Crippen molar-refractivity contribution in [2.75, 3.05) is 14.2 Å². The minimum absolute atomic E-state index is 0. The van der Waals surface area contributed by atoms with E-state index in [1.165, 1.54) is 28.1 Å². The molecule has 0 aliphatic heterocycles. The zero-order chi connectivity index (χ0) is 25.6. The van der Waals surface area contributed by atoms with E-state index in [9.17, 15) is 19.2 Å². The second-order valence-corrected chi connectivity index (χ2v) is 6.57. The van der Waals surface area contributed by atoms with Crippen LogP contribution in [0.2, 0.25) is 0 Å². The Balaban J connectivity index is -0.0000000453. The van der Waals surface area contributed by atoms with Gasteiger partial charge < -0.3 is 18.9 Å². The van der Waals surface area contributed by atoms with Crippen LogP contribution in [0.15, 0.2) is 25.0 Å². The fourth-order valence-electron chi connectivity index (χ4n) is 1.43. The van der Waals surface area contributed by atoms with Crippen LogP contribution in [-0.4, -0.2) is 44.2 Å². The monoisotopic (exact) mass is 510 g/mol. The normalized spacial score (nSPS) is 10.2. The van der Waals surface area contributed by atoms with Gasteiger partial charge >= 0.3 is 23.9 Å². The highest BCUT2D eigenvalue weighted by atomic mass is 16.5. The number of ether oxygens (including phenoxy) is 4. The standard InChI is InChI=1S/C8H16O2.C6H12O2.C5H8O2.C4H6O2.4CH4/c1-5-6(2)7(3)8(9)10-4;1-4-5(2)8-6(3)7;1-4(2)5(6)7-3;1-3-6-4(2)5;;;;/h6-7H,5H2,1-4H3;5H,4H2,1-3H3;1H2,2-3H3;3H,1H2,2H3;4*1H4. The summed E-state index contributed by atoms with van der Waals surface area (Å²) in [7, 11) is 2.76. The first kappa shape index (κ1) is 53.6. The van der Waals surface area contributed by atoms with E-state index in [4.69, 9.17) is 4.74 Å². The quantitative estimate of drug-likeness (QED) is 0.154. The highest BCUT2D eigenvalue weighted by molar-refractivity contribution is 5.86. The van der Waals surface area contributed by atoms with Gasteiger partial charge in [-0.3, -0.25) is 14.4 Å². The first-order valence-electron chi connectivity index (χ1n) is 10.0. The van der Waals surface area contributed by atoms with E-state index in [1.807, 2.05) is 20.8 Å². The Kier molecular flexibility index (Phi) is 55.1. The molecule has 0 radical (unpaired) electrons. The molecule has 3 unspecified atom stereocenters. The number of methoxy groups -OCH3 is 2. The summed E-state index contributed by atoms with van der Waals surface area (Å²) in [5.74, 6) is -0.513. The van der Waals surface area contributed by atoms with Crippen molar-refractivity contribution in [3.63, 3.8) is 0 Å². The van der Waals surface area contributed by atoms with Crippen molar-refractivity contribution >= 4 is 23.9 Å². The second-order valence-electron chi connectivity index (χ2n) is 6.57. The molecule has 0 aliphatic rings. The van der Waals surface area contributed by atoms with E-state index >= 15 is 0 Å². The third kappa shape index (κ3) is 45.6. The number of hydrogen-bond acceptors (Lipinski definition) is 8. The average Bonchev–Trinajstić information content (AvgIpc) is 2.71. The maximum absolute atomic E-state index is 10.9. The Bertz CT molecular complexity index is 541. The van der Waals surface area contributed by atoms with Gasteiger partial charge in [0.15, 0.2) is 0 Å². The predicted molar refractivity (Wildman–Crippen MR) is 148 cm³/mol. The van der Waals surface area contributed by atoms with Crippen LogP contribution < -0.4 is 0 Å². The van der Waals surface area contributed by atoms with Crippen LogP contribution in [0.4, 0.5) is 0 Å². The van der Waals surface area contributed by atoms with Crippen LogP contribution in [0.1, 0.15) is 97.9 Å². The minimum Gasteiger partial charge on any atom is -0.469 e. The van der Waals surface area contributed by atoms with Crippen molar-refractivity contribution in [2.24, 2.45) is 11.8 Å². The van der Waals surface area contributed by atoms with Gasteiger partial charge in [0.1, 0.15) is 0 Å². The van der Waals surface area contributed by atoms with Crippen LogP contribution >= 0.6 is 0 Å². The van der Waals surface area contributed by atoms with E-state index in [2.05, 4.69) is 41.2 Å². The van der Waals surface area contributed by atoms with Crippen LogP contribution in [-0.2, 0) is 38.1 Å². The summed E-state index contributed by atoms with van der Waals surface area (Å²) in [4.78, 5) is 41.0. The van der Waals surface area contributed by atoms with Gasteiger partial charge in [-0.2, -0.15) is 0 Å². The molecular formula is C27H58O8. The number of rotatable bonds is 7. The van der Waals surface area contributed by atoms with Crippen molar-refractivity contribution in [3.8, 4) is 0 Å². The molecule has 8 heteroatoms. The Morgan fingerprint density at radius 1 is 0.800 bits per heavy atom. The average molecular weight is 511 g/mol. The maximum Gasteiger partial charge on any atom is 0.332 e. The molecule has 0 saturated heterocycles. The zero-order valence-electron chi connectivity index (χ0n) is 20.9. The van der Waals surface area contributed by atoms with Crippen LogP contribution in [0, 0.1) is 11.8 Å². The molecule has 0 aliphatic carbocycles. The first-order valence-corrected chi connectivity index (χ1v) is 10.0. The third-order valence-electron chi connectivity index (χ3n) is 3.80. The van der Waals surface area contributed by atoms with E-state index in [1.54, 1.807) is 6.92 Å².